The van der Waals surface area contributed by atoms with Gasteiger partial charge >= 0.3 is 5.97 Å². The number of phenols is 2. The van der Waals surface area contributed by atoms with Crippen LogP contribution in [0.5, 0.6) is 23.0 Å². The summed E-state index contributed by atoms with van der Waals surface area (Å²) in [5.41, 5.74) is 3.75. The van der Waals surface area contributed by atoms with Crippen molar-refractivity contribution in [2.75, 3.05) is 30.3 Å². The number of esters is 1. The molecule has 0 radical (unpaired) electrons. The third kappa shape index (κ3) is 8.16. The molecule has 2 spiro atoms. The fraction of sp³-hybridized carbons (Fsp3) is 0.333. The van der Waals surface area contributed by atoms with E-state index in [2.05, 4.69) is 28.2 Å². The van der Waals surface area contributed by atoms with Crippen LogP contribution < -0.4 is 26.0 Å². The molecule has 17 heteroatoms. The zero-order valence-corrected chi connectivity index (χ0v) is 38.9. The van der Waals surface area contributed by atoms with Crippen molar-refractivity contribution in [3.05, 3.63) is 141 Å². The van der Waals surface area contributed by atoms with Gasteiger partial charge in [0, 0.05) is 95.0 Å². The summed E-state index contributed by atoms with van der Waals surface area (Å²) in [5.74, 6) is 1.48. The summed E-state index contributed by atoms with van der Waals surface area (Å²) in [7, 11) is 0. The molecular formula is C51H50N4O11S2. The second kappa shape index (κ2) is 18.0. The van der Waals surface area contributed by atoms with Crippen molar-refractivity contribution < 1.29 is 53.7 Å². The average molecular weight is 959 g/mol. The number of aliphatic hydroxyl groups excluding tert-OH is 2. The first-order chi connectivity index (χ1) is 32.7. The SMILES string of the molecule is CC(CCCNC(=S)Nc1ccc2c(c1)C(O)OC21C2=C(CC(O)C=C2)OC2=C1CCC(=O)C2)COC(C)CNC(=S)Nc1ccc2c(c1)C(=O)OC21c2ccc(O)cc2Oc2cc(O)ccc21. The molecule has 0 saturated carbocycles. The van der Waals surface area contributed by atoms with Gasteiger partial charge in [-0.3, -0.25) is 4.79 Å². The summed E-state index contributed by atoms with van der Waals surface area (Å²) in [5, 5.41) is 55.8. The van der Waals surface area contributed by atoms with E-state index in [1.54, 1.807) is 30.3 Å². The quantitative estimate of drug-likeness (QED) is 0.0414. The van der Waals surface area contributed by atoms with Gasteiger partial charge in [0.2, 0.25) is 0 Å². The molecule has 15 nitrogen and oxygen atoms in total. The van der Waals surface area contributed by atoms with Gasteiger partial charge in [0.25, 0.3) is 0 Å². The van der Waals surface area contributed by atoms with Gasteiger partial charge in [0.1, 0.15) is 40.3 Å². The predicted molar refractivity (Wildman–Crippen MR) is 258 cm³/mol. The lowest BCUT2D eigenvalue weighted by Gasteiger charge is -2.42. The first-order valence-electron chi connectivity index (χ1n) is 22.7. The Labute approximate surface area is 402 Å². The Bertz CT molecular complexity index is 2830. The van der Waals surface area contributed by atoms with Crippen molar-refractivity contribution in [1.82, 2.24) is 10.6 Å². The summed E-state index contributed by atoms with van der Waals surface area (Å²) < 4.78 is 31.0. The van der Waals surface area contributed by atoms with E-state index in [1.807, 2.05) is 37.3 Å². The van der Waals surface area contributed by atoms with Crippen molar-refractivity contribution in [3.63, 3.8) is 0 Å². The number of hydrogen-bond donors (Lipinski definition) is 8. The van der Waals surface area contributed by atoms with E-state index in [0.29, 0.717) is 105 Å². The largest absolute Gasteiger partial charge is 0.508 e. The van der Waals surface area contributed by atoms with Crippen LogP contribution >= 0.6 is 24.4 Å². The lowest BCUT2D eigenvalue weighted by Crippen LogP contribution is -2.39. The summed E-state index contributed by atoms with van der Waals surface area (Å²) >= 11 is 11.2. The topological polar surface area (TPSA) is 209 Å². The van der Waals surface area contributed by atoms with Gasteiger partial charge in [-0.2, -0.15) is 0 Å². The van der Waals surface area contributed by atoms with Crippen LogP contribution in [0.2, 0.25) is 0 Å². The third-order valence-electron chi connectivity index (χ3n) is 13.2. The number of carbonyl (C=O) groups is 2. The maximum atomic E-state index is 13.5. The van der Waals surface area contributed by atoms with Crippen LogP contribution in [0.1, 0.15) is 96.8 Å². The molecule has 0 bridgehead atoms. The van der Waals surface area contributed by atoms with Gasteiger partial charge in [0.05, 0.1) is 24.2 Å². The van der Waals surface area contributed by atoms with Gasteiger partial charge in [-0.15, -0.1) is 0 Å². The molecule has 4 aromatic rings. The molecule has 4 heterocycles. The average Bonchev–Trinajstić information content (AvgIpc) is 3.75. The van der Waals surface area contributed by atoms with Gasteiger partial charge < -0.3 is 65.4 Å². The first-order valence-corrected chi connectivity index (χ1v) is 23.5. The molecule has 5 atom stereocenters. The number of Topliss-reactive ketones (excluding diaryl/α,β-unsaturated/α-hetero) is 1. The molecule has 5 unspecified atom stereocenters. The molecule has 6 aliphatic rings. The van der Waals surface area contributed by atoms with Crippen molar-refractivity contribution in [2.24, 2.45) is 5.92 Å². The number of aromatic hydroxyl groups is 2. The number of hydrogen-bond acceptors (Lipinski definition) is 13. The Hall–Kier alpha value is -6.34. The van der Waals surface area contributed by atoms with Crippen molar-refractivity contribution >= 4 is 57.8 Å². The van der Waals surface area contributed by atoms with Crippen LogP contribution in [0, 0.1) is 5.92 Å². The molecular weight excluding hydrogens is 909 g/mol. The molecule has 0 fully saturated rings. The summed E-state index contributed by atoms with van der Waals surface area (Å²) in [6.45, 7) is 5.74. The fourth-order valence-electron chi connectivity index (χ4n) is 10.0. The molecule has 0 amide bonds. The van der Waals surface area contributed by atoms with Gasteiger partial charge in [0.15, 0.2) is 27.7 Å². The van der Waals surface area contributed by atoms with E-state index < -0.39 is 29.6 Å². The Kier molecular flexibility index (Phi) is 12.0. The monoisotopic (exact) mass is 958 g/mol. The van der Waals surface area contributed by atoms with Crippen molar-refractivity contribution in [2.45, 2.75) is 82.1 Å². The maximum absolute atomic E-state index is 13.5. The van der Waals surface area contributed by atoms with Crippen LogP contribution in [0.15, 0.2) is 108 Å². The number of anilines is 2. The third-order valence-corrected chi connectivity index (χ3v) is 13.7. The Morgan fingerprint density at radius 2 is 1.49 bits per heavy atom. The molecule has 10 rings (SSSR count). The van der Waals surface area contributed by atoms with Crippen LogP contribution in [-0.2, 0) is 34.9 Å². The number of rotatable bonds is 11. The van der Waals surface area contributed by atoms with Crippen LogP contribution in [0.4, 0.5) is 11.4 Å². The Balaban J connectivity index is 0.680. The number of phenolic OH excluding ortho intramolecular Hbond substituents is 2. The number of fused-ring (bicyclic) bond motifs is 10. The second-order valence-corrected chi connectivity index (χ2v) is 18.9. The minimum Gasteiger partial charge on any atom is -0.508 e. The van der Waals surface area contributed by atoms with Crippen LogP contribution in [-0.4, -0.2) is 74.3 Å². The Morgan fingerprint density at radius 1 is 0.809 bits per heavy atom. The number of nitrogens with one attached hydrogen (secondary N) is 4. The van der Waals surface area contributed by atoms with Crippen molar-refractivity contribution in [3.8, 4) is 23.0 Å². The van der Waals surface area contributed by atoms with E-state index in [1.165, 1.54) is 24.3 Å². The van der Waals surface area contributed by atoms with Crippen LogP contribution in [0.3, 0.4) is 0 Å². The number of ether oxygens (including phenoxy) is 5. The smallest absolute Gasteiger partial charge is 0.340 e. The first kappa shape index (κ1) is 45.4. The fourth-order valence-corrected chi connectivity index (χ4v) is 10.5. The maximum Gasteiger partial charge on any atom is 0.340 e. The normalized spacial score (nSPS) is 22.1. The minimum atomic E-state index is -1.35. The number of aliphatic hydroxyl groups is 2. The Morgan fingerprint density at radius 3 is 2.22 bits per heavy atom. The molecule has 68 heavy (non-hydrogen) atoms. The highest BCUT2D eigenvalue weighted by molar-refractivity contribution is 7.80. The number of benzene rings is 4. The molecule has 4 aromatic carbocycles. The van der Waals surface area contributed by atoms with Crippen molar-refractivity contribution in [1.29, 1.82) is 0 Å². The summed E-state index contributed by atoms with van der Waals surface area (Å²) in [6, 6.07) is 20.2. The summed E-state index contributed by atoms with van der Waals surface area (Å²) in [4.78, 5) is 25.9. The van der Waals surface area contributed by atoms with E-state index in [-0.39, 0.29) is 42.1 Å². The number of allylic oxidation sites excluding steroid dienone is 1. The standard InChI is InChI=1S/C51H50N4O11S2/c1-26(4-3-17-52-48(67)54-28-5-11-36-34(18-28)46(60)65-50(36)38-13-7-30(56)20-42(38)63-43-21-31(57)8-14-39(43)50)25-62-27(2)24-53-49(68)55-29-6-12-37-35(19-29)47(61)66-51(37)40-15-9-32(58)22-44(40)64-45-23-33(59)10-16-41(45)51/h5-7,9-13,15-16,18-19,22-23,26-27,30,46,56,58-60H,3-4,8,14,17,20-21,24-25H2,1-2H3,(H2,52,54,67)(H2,53,55,68). The molecule has 8 N–H and O–H groups in total. The predicted octanol–water partition coefficient (Wildman–Crippen LogP) is 7.59. The molecule has 0 aromatic heterocycles. The van der Waals surface area contributed by atoms with E-state index in [0.717, 1.165) is 29.6 Å². The molecule has 0 saturated heterocycles. The molecule has 352 valence electrons. The highest BCUT2D eigenvalue weighted by Gasteiger charge is 2.56. The number of carbonyl (C=O) groups excluding carboxylic acids is 2. The highest BCUT2D eigenvalue weighted by atomic mass is 32.1. The lowest BCUT2D eigenvalue weighted by atomic mass is 9.71. The van der Waals surface area contributed by atoms with E-state index >= 15 is 0 Å². The zero-order valence-electron chi connectivity index (χ0n) is 37.2. The zero-order chi connectivity index (χ0) is 47.5. The highest BCUT2D eigenvalue weighted by Crippen LogP contribution is 2.60. The molecule has 4 aliphatic heterocycles. The summed E-state index contributed by atoms with van der Waals surface area (Å²) in [6.07, 6.45) is 4.37. The second-order valence-electron chi connectivity index (χ2n) is 18.0. The minimum absolute atomic E-state index is 0.0177. The number of thiocarbonyl (C=S) groups is 2. The van der Waals surface area contributed by atoms with Gasteiger partial charge in [-0.25, -0.2) is 4.79 Å². The van der Waals surface area contributed by atoms with Gasteiger partial charge in [-0.1, -0.05) is 31.2 Å². The van der Waals surface area contributed by atoms with E-state index in [9.17, 15) is 30.0 Å². The van der Waals surface area contributed by atoms with E-state index in [4.69, 9.17) is 48.1 Å². The lowest BCUT2D eigenvalue weighted by molar-refractivity contribution is -0.148. The van der Waals surface area contributed by atoms with Gasteiger partial charge in [-0.05, 0) is 105 Å². The van der Waals surface area contributed by atoms with Crippen LogP contribution in [0.25, 0.3) is 0 Å². The number of ketones is 1. The molecule has 2 aliphatic carbocycles.